The summed E-state index contributed by atoms with van der Waals surface area (Å²) in [5.41, 5.74) is 0. The molecule has 17 heavy (non-hydrogen) atoms. The van der Waals surface area contributed by atoms with Crippen LogP contribution in [0.15, 0.2) is 24.3 Å². The molecular weight excluding hydrogens is 216 g/mol. The van der Waals surface area contributed by atoms with Crippen molar-refractivity contribution in [3.05, 3.63) is 24.3 Å². The maximum atomic E-state index is 8.57. The van der Waals surface area contributed by atoms with Gasteiger partial charge in [0.25, 0.3) is 0 Å². The number of hydrogen-bond donors (Lipinski definition) is 2. The van der Waals surface area contributed by atoms with Crippen molar-refractivity contribution in [2.24, 2.45) is 0 Å². The first-order chi connectivity index (χ1) is 8.41. The third-order valence-electron chi connectivity index (χ3n) is 2.32. The second-order valence-electron chi connectivity index (χ2n) is 3.92. The quantitative estimate of drug-likeness (QED) is 0.408. The number of aliphatic hydroxyl groups is 2. The molecular formula is C14H26O3. The van der Waals surface area contributed by atoms with Crippen LogP contribution in [-0.2, 0) is 4.74 Å². The maximum absolute atomic E-state index is 8.57. The molecule has 3 heteroatoms. The lowest BCUT2D eigenvalue weighted by Gasteiger charge is -1.96. The fourth-order valence-corrected chi connectivity index (χ4v) is 1.32. The molecule has 0 saturated carbocycles. The molecule has 0 amide bonds. The lowest BCUT2D eigenvalue weighted by Crippen LogP contribution is -1.90. The lowest BCUT2D eigenvalue weighted by molar-refractivity contribution is 0.193. The fraction of sp³-hybridized carbons (Fsp3) is 0.714. The molecule has 0 aromatic heterocycles. The van der Waals surface area contributed by atoms with Crippen molar-refractivity contribution in [3.63, 3.8) is 0 Å². The Hall–Kier alpha value is -0.640. The number of unbranched alkanes of at least 4 members (excludes halogenated alkanes) is 4. The summed E-state index contributed by atoms with van der Waals surface area (Å²) in [5.74, 6) is 0. The Labute approximate surface area is 105 Å². The molecule has 0 aliphatic heterocycles. The molecule has 0 aromatic rings. The van der Waals surface area contributed by atoms with Gasteiger partial charge in [0.05, 0.1) is 13.2 Å². The van der Waals surface area contributed by atoms with Crippen LogP contribution in [0.3, 0.4) is 0 Å². The van der Waals surface area contributed by atoms with Gasteiger partial charge in [0.2, 0.25) is 0 Å². The first kappa shape index (κ1) is 16.4. The van der Waals surface area contributed by atoms with Crippen LogP contribution in [0.4, 0.5) is 0 Å². The van der Waals surface area contributed by atoms with Crippen LogP contribution >= 0.6 is 0 Å². The van der Waals surface area contributed by atoms with Gasteiger partial charge in [-0.1, -0.05) is 24.3 Å². The highest BCUT2D eigenvalue weighted by atomic mass is 16.5. The summed E-state index contributed by atoms with van der Waals surface area (Å²) in [6.07, 6.45) is 14.1. The molecule has 0 rings (SSSR count). The standard InChI is InChI=1S/C14H26O3/c15-11-7-3-1-5-9-13-17-14-10-6-2-4-8-12-16/h5-6,9-10,15-16H,1-4,7-8,11-14H2. The summed E-state index contributed by atoms with van der Waals surface area (Å²) in [6, 6.07) is 0. The minimum absolute atomic E-state index is 0.283. The van der Waals surface area contributed by atoms with Crippen molar-refractivity contribution >= 4 is 0 Å². The van der Waals surface area contributed by atoms with E-state index in [1.807, 2.05) is 12.2 Å². The predicted octanol–water partition coefficient (Wildman–Crippen LogP) is 2.44. The van der Waals surface area contributed by atoms with Crippen molar-refractivity contribution in [2.75, 3.05) is 26.4 Å². The lowest BCUT2D eigenvalue weighted by atomic mass is 10.2. The smallest absolute Gasteiger partial charge is 0.0651 e. The molecule has 0 unspecified atom stereocenters. The Bertz CT molecular complexity index is 168. The average Bonchev–Trinajstić information content (AvgIpc) is 2.35. The Balaban J connectivity index is 3.11. The van der Waals surface area contributed by atoms with Crippen LogP contribution in [0, 0.1) is 0 Å². The molecule has 0 bridgehead atoms. The molecule has 0 fully saturated rings. The molecule has 0 aliphatic rings. The van der Waals surface area contributed by atoms with E-state index < -0.39 is 0 Å². The highest BCUT2D eigenvalue weighted by Gasteiger charge is 1.84. The molecule has 2 N–H and O–H groups in total. The van der Waals surface area contributed by atoms with Crippen LogP contribution in [-0.4, -0.2) is 36.6 Å². The number of aliphatic hydroxyl groups excluding tert-OH is 2. The monoisotopic (exact) mass is 242 g/mol. The van der Waals surface area contributed by atoms with E-state index in [4.69, 9.17) is 14.9 Å². The van der Waals surface area contributed by atoms with Gasteiger partial charge in [-0.15, -0.1) is 0 Å². The van der Waals surface area contributed by atoms with E-state index >= 15 is 0 Å². The second-order valence-corrected chi connectivity index (χ2v) is 3.92. The summed E-state index contributed by atoms with van der Waals surface area (Å²) in [4.78, 5) is 0. The van der Waals surface area contributed by atoms with Crippen molar-refractivity contribution in [2.45, 2.75) is 38.5 Å². The van der Waals surface area contributed by atoms with E-state index in [1.54, 1.807) is 0 Å². The van der Waals surface area contributed by atoms with Crippen LogP contribution in [0.2, 0.25) is 0 Å². The first-order valence-electron chi connectivity index (χ1n) is 6.51. The number of rotatable bonds is 12. The second kappa shape index (κ2) is 15.4. The number of allylic oxidation sites excluding steroid dienone is 2. The summed E-state index contributed by atoms with van der Waals surface area (Å²) in [6.45, 7) is 1.87. The summed E-state index contributed by atoms with van der Waals surface area (Å²) >= 11 is 0. The van der Waals surface area contributed by atoms with E-state index in [-0.39, 0.29) is 13.2 Å². The van der Waals surface area contributed by atoms with E-state index in [9.17, 15) is 0 Å². The summed E-state index contributed by atoms with van der Waals surface area (Å²) < 4.78 is 5.37. The van der Waals surface area contributed by atoms with Gasteiger partial charge in [-0.05, 0) is 38.5 Å². The van der Waals surface area contributed by atoms with Gasteiger partial charge in [0, 0.05) is 13.2 Å². The average molecular weight is 242 g/mol. The van der Waals surface area contributed by atoms with Crippen LogP contribution in [0.1, 0.15) is 38.5 Å². The molecule has 0 saturated heterocycles. The highest BCUT2D eigenvalue weighted by Crippen LogP contribution is 1.96. The molecule has 3 nitrogen and oxygen atoms in total. The van der Waals surface area contributed by atoms with Gasteiger partial charge in [0.15, 0.2) is 0 Å². The molecule has 0 radical (unpaired) electrons. The largest absolute Gasteiger partial charge is 0.396 e. The molecule has 0 atom stereocenters. The third-order valence-corrected chi connectivity index (χ3v) is 2.32. The molecule has 0 heterocycles. The Morgan fingerprint density at radius 3 is 1.53 bits per heavy atom. The van der Waals surface area contributed by atoms with Crippen molar-refractivity contribution in [1.29, 1.82) is 0 Å². The highest BCUT2D eigenvalue weighted by molar-refractivity contribution is 4.84. The Kier molecular flexibility index (Phi) is 14.8. The molecule has 0 aromatic carbocycles. The van der Waals surface area contributed by atoms with Gasteiger partial charge in [0.1, 0.15) is 0 Å². The zero-order chi connectivity index (χ0) is 12.6. The maximum Gasteiger partial charge on any atom is 0.0651 e. The van der Waals surface area contributed by atoms with E-state index in [2.05, 4.69) is 12.2 Å². The van der Waals surface area contributed by atoms with Crippen LogP contribution in [0.25, 0.3) is 0 Å². The minimum Gasteiger partial charge on any atom is -0.396 e. The van der Waals surface area contributed by atoms with Crippen molar-refractivity contribution in [1.82, 2.24) is 0 Å². The van der Waals surface area contributed by atoms with E-state index in [0.29, 0.717) is 13.2 Å². The number of hydrogen-bond acceptors (Lipinski definition) is 3. The van der Waals surface area contributed by atoms with Gasteiger partial charge < -0.3 is 14.9 Å². The SMILES string of the molecule is OCCCCC=CCOCC=CCCCCO. The number of ether oxygens (including phenoxy) is 1. The molecule has 0 aliphatic carbocycles. The minimum atomic E-state index is 0.283. The zero-order valence-electron chi connectivity index (χ0n) is 10.7. The van der Waals surface area contributed by atoms with Crippen LogP contribution in [0.5, 0.6) is 0 Å². The third kappa shape index (κ3) is 15.4. The fourth-order valence-electron chi connectivity index (χ4n) is 1.32. The van der Waals surface area contributed by atoms with E-state index in [1.165, 1.54) is 0 Å². The van der Waals surface area contributed by atoms with Gasteiger partial charge in [-0.2, -0.15) is 0 Å². The zero-order valence-corrected chi connectivity index (χ0v) is 10.7. The van der Waals surface area contributed by atoms with E-state index in [0.717, 1.165) is 38.5 Å². The normalized spacial score (nSPS) is 11.9. The predicted molar refractivity (Wildman–Crippen MR) is 71.0 cm³/mol. The van der Waals surface area contributed by atoms with Gasteiger partial charge in [-0.3, -0.25) is 0 Å². The van der Waals surface area contributed by atoms with Gasteiger partial charge in [-0.25, -0.2) is 0 Å². The Morgan fingerprint density at radius 2 is 1.12 bits per heavy atom. The van der Waals surface area contributed by atoms with Crippen LogP contribution < -0.4 is 0 Å². The van der Waals surface area contributed by atoms with Gasteiger partial charge >= 0.3 is 0 Å². The molecule has 100 valence electrons. The first-order valence-corrected chi connectivity index (χ1v) is 6.51. The van der Waals surface area contributed by atoms with Crippen molar-refractivity contribution in [3.8, 4) is 0 Å². The van der Waals surface area contributed by atoms with Crippen molar-refractivity contribution < 1.29 is 14.9 Å². The molecule has 0 spiro atoms. The Morgan fingerprint density at radius 1 is 0.647 bits per heavy atom. The summed E-state index contributed by atoms with van der Waals surface area (Å²) in [7, 11) is 0. The topological polar surface area (TPSA) is 49.7 Å². The summed E-state index contributed by atoms with van der Waals surface area (Å²) in [5, 5.41) is 17.1.